The summed E-state index contributed by atoms with van der Waals surface area (Å²) in [6.07, 6.45) is 5.71. The Kier molecular flexibility index (Phi) is 3.86. The summed E-state index contributed by atoms with van der Waals surface area (Å²) >= 11 is 0. The Hall–Kier alpha value is -1.97. The van der Waals surface area contributed by atoms with Crippen molar-refractivity contribution in [2.24, 2.45) is 0 Å². The lowest BCUT2D eigenvalue weighted by atomic mass is 10.1. The number of anilines is 1. The summed E-state index contributed by atoms with van der Waals surface area (Å²) in [4.78, 5) is 18.1. The second kappa shape index (κ2) is 5.80. The predicted molar refractivity (Wildman–Crippen MR) is 86.3 cm³/mol. The number of nitrogen functional groups attached to an aromatic ring is 1. The number of aromatic amines is 1. The third-order valence-corrected chi connectivity index (χ3v) is 4.48. The quantitative estimate of drug-likeness (QED) is 0.829. The zero-order valence-corrected chi connectivity index (χ0v) is 12.6. The Labute approximate surface area is 125 Å². The average Bonchev–Trinajstić information content (AvgIpc) is 2.75. The fraction of sp³-hybridized carbons (Fsp3) is 0.471. The predicted octanol–water partition coefficient (Wildman–Crippen LogP) is 3.54. The van der Waals surface area contributed by atoms with E-state index in [0.717, 1.165) is 42.4 Å². The minimum absolute atomic E-state index is 0.124. The van der Waals surface area contributed by atoms with Gasteiger partial charge in [-0.1, -0.05) is 19.8 Å². The molecular weight excluding hydrogens is 262 g/mol. The highest BCUT2D eigenvalue weighted by Crippen LogP contribution is 2.24. The molecule has 0 bridgehead atoms. The van der Waals surface area contributed by atoms with Crippen molar-refractivity contribution in [1.82, 2.24) is 9.88 Å². The van der Waals surface area contributed by atoms with Gasteiger partial charge in [0.2, 0.25) is 0 Å². The van der Waals surface area contributed by atoms with Crippen LogP contribution in [0.3, 0.4) is 0 Å². The molecule has 1 atom stereocenters. The highest BCUT2D eigenvalue weighted by molar-refractivity contribution is 5.98. The van der Waals surface area contributed by atoms with Crippen molar-refractivity contribution >= 4 is 22.5 Å². The number of carbonyl (C=O) groups is 1. The first-order valence-corrected chi connectivity index (χ1v) is 7.88. The van der Waals surface area contributed by atoms with Gasteiger partial charge < -0.3 is 15.6 Å². The summed E-state index contributed by atoms with van der Waals surface area (Å²) in [5.74, 6) is 0.124. The molecule has 112 valence electrons. The van der Waals surface area contributed by atoms with Crippen LogP contribution in [0.5, 0.6) is 0 Å². The van der Waals surface area contributed by atoms with E-state index in [1.165, 1.54) is 12.8 Å². The van der Waals surface area contributed by atoms with Gasteiger partial charge in [-0.15, -0.1) is 0 Å². The van der Waals surface area contributed by atoms with Crippen LogP contribution in [0.1, 0.15) is 49.5 Å². The molecule has 1 aliphatic heterocycles. The molecule has 1 aromatic carbocycles. The summed E-state index contributed by atoms with van der Waals surface area (Å²) in [7, 11) is 0. The van der Waals surface area contributed by atoms with Crippen LogP contribution < -0.4 is 5.73 Å². The van der Waals surface area contributed by atoms with Crippen LogP contribution >= 0.6 is 0 Å². The molecule has 1 aliphatic rings. The van der Waals surface area contributed by atoms with Gasteiger partial charge in [-0.2, -0.15) is 0 Å². The van der Waals surface area contributed by atoms with Gasteiger partial charge in [0, 0.05) is 29.2 Å². The Bertz CT molecular complexity index is 647. The van der Waals surface area contributed by atoms with Crippen molar-refractivity contribution in [1.29, 1.82) is 0 Å². The monoisotopic (exact) mass is 285 g/mol. The van der Waals surface area contributed by atoms with Crippen LogP contribution in [-0.4, -0.2) is 28.4 Å². The van der Waals surface area contributed by atoms with Gasteiger partial charge >= 0.3 is 0 Å². The van der Waals surface area contributed by atoms with E-state index in [0.29, 0.717) is 11.7 Å². The summed E-state index contributed by atoms with van der Waals surface area (Å²) in [5, 5.41) is 1.00. The van der Waals surface area contributed by atoms with Gasteiger partial charge in [0.15, 0.2) is 0 Å². The van der Waals surface area contributed by atoms with E-state index < -0.39 is 0 Å². The maximum absolute atomic E-state index is 12.8. The van der Waals surface area contributed by atoms with Gasteiger partial charge in [0.1, 0.15) is 5.69 Å². The van der Waals surface area contributed by atoms with Crippen LogP contribution in [0.15, 0.2) is 24.3 Å². The fourth-order valence-corrected chi connectivity index (χ4v) is 3.29. The molecule has 0 radical (unpaired) electrons. The van der Waals surface area contributed by atoms with Crippen LogP contribution in [0.25, 0.3) is 10.9 Å². The second-order valence-electron chi connectivity index (χ2n) is 5.94. The molecule has 0 saturated carbocycles. The van der Waals surface area contributed by atoms with E-state index in [9.17, 15) is 4.79 Å². The van der Waals surface area contributed by atoms with Crippen molar-refractivity contribution in [3.8, 4) is 0 Å². The third kappa shape index (κ3) is 2.75. The van der Waals surface area contributed by atoms with Crippen molar-refractivity contribution in [2.45, 2.75) is 45.1 Å². The first-order chi connectivity index (χ1) is 10.2. The molecule has 1 saturated heterocycles. The number of nitrogens with zero attached hydrogens (tertiary/aromatic N) is 1. The molecule has 2 aromatic rings. The Morgan fingerprint density at radius 3 is 3.00 bits per heavy atom. The van der Waals surface area contributed by atoms with Crippen molar-refractivity contribution in [3.63, 3.8) is 0 Å². The van der Waals surface area contributed by atoms with Crippen molar-refractivity contribution in [3.05, 3.63) is 30.0 Å². The van der Waals surface area contributed by atoms with E-state index in [1.807, 2.05) is 24.3 Å². The zero-order chi connectivity index (χ0) is 14.8. The van der Waals surface area contributed by atoms with Gasteiger partial charge in [-0.05, 0) is 43.5 Å². The van der Waals surface area contributed by atoms with Crippen LogP contribution in [0.4, 0.5) is 5.69 Å². The van der Waals surface area contributed by atoms with Gasteiger partial charge in [0.05, 0.1) is 0 Å². The molecule has 0 spiro atoms. The number of likely N-dealkylation sites (tertiary alicyclic amines) is 1. The lowest BCUT2D eigenvalue weighted by Crippen LogP contribution is -2.39. The maximum atomic E-state index is 12.8. The smallest absolute Gasteiger partial charge is 0.270 e. The number of amides is 1. The molecule has 2 heterocycles. The van der Waals surface area contributed by atoms with E-state index in [4.69, 9.17) is 5.73 Å². The highest BCUT2D eigenvalue weighted by atomic mass is 16.2. The minimum atomic E-state index is 0.124. The van der Waals surface area contributed by atoms with E-state index in [1.54, 1.807) is 0 Å². The molecule has 1 aromatic heterocycles. The average molecular weight is 285 g/mol. The van der Waals surface area contributed by atoms with Crippen LogP contribution in [-0.2, 0) is 0 Å². The normalized spacial score (nSPS) is 19.7. The number of rotatable bonds is 2. The van der Waals surface area contributed by atoms with Gasteiger partial charge in [-0.3, -0.25) is 4.79 Å². The summed E-state index contributed by atoms with van der Waals surface area (Å²) < 4.78 is 0. The van der Waals surface area contributed by atoms with Crippen molar-refractivity contribution < 1.29 is 4.79 Å². The van der Waals surface area contributed by atoms with Crippen molar-refractivity contribution in [2.75, 3.05) is 12.3 Å². The summed E-state index contributed by atoms with van der Waals surface area (Å²) in [6, 6.07) is 7.99. The molecule has 1 unspecified atom stereocenters. The molecule has 4 nitrogen and oxygen atoms in total. The molecule has 3 rings (SSSR count). The number of hydrogen-bond donors (Lipinski definition) is 2. The third-order valence-electron chi connectivity index (χ3n) is 4.48. The number of fused-ring (bicyclic) bond motifs is 1. The molecular formula is C17H23N3O. The summed E-state index contributed by atoms with van der Waals surface area (Å²) in [6.45, 7) is 3.04. The van der Waals surface area contributed by atoms with E-state index in [-0.39, 0.29) is 5.91 Å². The minimum Gasteiger partial charge on any atom is -0.399 e. The van der Waals surface area contributed by atoms with E-state index in [2.05, 4.69) is 16.8 Å². The SMILES string of the molecule is CCC1CCCCCN1C(=O)c1cc2cc(N)ccc2[nH]1. The molecule has 3 N–H and O–H groups in total. The summed E-state index contributed by atoms with van der Waals surface area (Å²) in [5.41, 5.74) is 8.18. The lowest BCUT2D eigenvalue weighted by Gasteiger charge is -2.28. The van der Waals surface area contributed by atoms with E-state index >= 15 is 0 Å². The Morgan fingerprint density at radius 1 is 1.33 bits per heavy atom. The number of hydrogen-bond acceptors (Lipinski definition) is 2. The largest absolute Gasteiger partial charge is 0.399 e. The number of H-pyrrole nitrogens is 1. The highest BCUT2D eigenvalue weighted by Gasteiger charge is 2.25. The lowest BCUT2D eigenvalue weighted by molar-refractivity contribution is 0.0673. The van der Waals surface area contributed by atoms with Gasteiger partial charge in [0.25, 0.3) is 5.91 Å². The Morgan fingerprint density at radius 2 is 2.19 bits per heavy atom. The maximum Gasteiger partial charge on any atom is 0.270 e. The molecule has 1 amide bonds. The second-order valence-corrected chi connectivity index (χ2v) is 5.94. The van der Waals surface area contributed by atoms with Crippen LogP contribution in [0.2, 0.25) is 0 Å². The molecule has 0 aliphatic carbocycles. The molecule has 4 heteroatoms. The fourth-order valence-electron chi connectivity index (χ4n) is 3.29. The number of benzene rings is 1. The zero-order valence-electron chi connectivity index (χ0n) is 12.6. The first kappa shape index (κ1) is 14.0. The number of aromatic nitrogens is 1. The van der Waals surface area contributed by atoms with Crippen LogP contribution in [0, 0.1) is 0 Å². The Balaban J connectivity index is 1.90. The first-order valence-electron chi connectivity index (χ1n) is 7.88. The molecule has 1 fully saturated rings. The standard InChI is InChI=1S/C17H23N3O/c1-2-14-6-4-3-5-9-20(14)17(21)16-11-12-10-13(18)7-8-15(12)19-16/h7-8,10-11,14,19H,2-6,9,18H2,1H3. The number of nitrogens with two attached hydrogens (primary N) is 1. The number of carbonyl (C=O) groups excluding carboxylic acids is 1. The molecule has 21 heavy (non-hydrogen) atoms. The number of nitrogens with one attached hydrogen (secondary N) is 1. The topological polar surface area (TPSA) is 62.1 Å². The van der Waals surface area contributed by atoms with Gasteiger partial charge in [-0.25, -0.2) is 0 Å².